The Morgan fingerprint density at radius 1 is 1.11 bits per heavy atom. The molecule has 0 aliphatic rings. The van der Waals surface area contributed by atoms with E-state index in [0.717, 1.165) is 35.2 Å². The smallest absolute Gasteiger partial charge is 0.107 e. The Bertz CT molecular complexity index is 377. The molecule has 0 radical (unpaired) electrons. The number of hydrogen-bond acceptors (Lipinski definition) is 4. The number of rotatable bonds is 5. The number of aliphatic hydroxyl groups is 1. The number of aromatic nitrogens is 1. The van der Waals surface area contributed by atoms with Crippen LogP contribution in [-0.2, 0) is 17.6 Å². The van der Waals surface area contributed by atoms with Gasteiger partial charge in [-0.15, -0.1) is 11.3 Å². The van der Waals surface area contributed by atoms with Crippen molar-refractivity contribution >= 4 is 11.3 Å². The molecule has 1 heterocycles. The van der Waals surface area contributed by atoms with Crippen molar-refractivity contribution in [1.82, 2.24) is 9.88 Å². The first kappa shape index (κ1) is 16.6. The molecule has 110 valence electrons. The largest absolute Gasteiger partial charge is 0.385 e. The van der Waals surface area contributed by atoms with Gasteiger partial charge in [0.1, 0.15) is 5.01 Å². The molecule has 4 heteroatoms. The fourth-order valence-corrected chi connectivity index (χ4v) is 3.31. The van der Waals surface area contributed by atoms with Crippen molar-refractivity contribution in [1.29, 1.82) is 0 Å². The average Bonchev–Trinajstić information content (AvgIpc) is 2.69. The molecular formula is C15H28N2OS. The lowest BCUT2D eigenvalue weighted by atomic mass is 9.88. The van der Waals surface area contributed by atoms with Gasteiger partial charge in [0.25, 0.3) is 0 Å². The number of hydrogen-bond donors (Lipinski definition) is 1. The van der Waals surface area contributed by atoms with Gasteiger partial charge in [-0.3, -0.25) is 4.90 Å². The monoisotopic (exact) mass is 284 g/mol. The van der Waals surface area contributed by atoms with Crippen molar-refractivity contribution in [2.24, 2.45) is 0 Å². The normalized spacial score (nSPS) is 13.3. The maximum absolute atomic E-state index is 10.4. The third kappa shape index (κ3) is 4.26. The lowest BCUT2D eigenvalue weighted by Crippen LogP contribution is -2.23. The number of nitrogens with zero attached hydrogens (tertiary/aromatic N) is 2. The van der Waals surface area contributed by atoms with E-state index in [0.29, 0.717) is 0 Å². The predicted octanol–water partition coefficient (Wildman–Crippen LogP) is 3.51. The van der Waals surface area contributed by atoms with Crippen LogP contribution >= 0.6 is 11.3 Å². The quantitative estimate of drug-likeness (QED) is 0.899. The molecule has 0 saturated carbocycles. The molecule has 1 aromatic heterocycles. The van der Waals surface area contributed by atoms with E-state index in [1.165, 1.54) is 0 Å². The summed E-state index contributed by atoms with van der Waals surface area (Å²) in [5.74, 6) is 0. The second kappa shape index (κ2) is 5.90. The van der Waals surface area contributed by atoms with Gasteiger partial charge in [0.2, 0.25) is 0 Å². The second-order valence-electron chi connectivity index (χ2n) is 6.56. The fraction of sp³-hybridized carbons (Fsp3) is 0.800. The zero-order valence-electron chi connectivity index (χ0n) is 13.4. The molecule has 0 unspecified atom stereocenters. The van der Waals surface area contributed by atoms with E-state index in [2.05, 4.69) is 39.5 Å². The van der Waals surface area contributed by atoms with Gasteiger partial charge in [0, 0.05) is 5.41 Å². The van der Waals surface area contributed by atoms with Crippen LogP contribution in [0.4, 0.5) is 0 Å². The molecule has 0 aliphatic heterocycles. The maximum Gasteiger partial charge on any atom is 0.107 e. The van der Waals surface area contributed by atoms with Gasteiger partial charge >= 0.3 is 0 Å². The Balaban J connectivity index is 3.14. The van der Waals surface area contributed by atoms with Crippen LogP contribution in [0, 0.1) is 0 Å². The Morgan fingerprint density at radius 3 is 1.95 bits per heavy atom. The standard InChI is InChI=1S/C15H28N2OS/c1-8-17(9-2)10-11-16-12(14(3,4)5)13(19-11)15(6,7)18/h18H,8-10H2,1-7H3. The topological polar surface area (TPSA) is 36.4 Å². The van der Waals surface area contributed by atoms with Gasteiger partial charge in [-0.1, -0.05) is 34.6 Å². The van der Waals surface area contributed by atoms with Crippen molar-refractivity contribution in [3.8, 4) is 0 Å². The molecule has 0 saturated heterocycles. The van der Waals surface area contributed by atoms with Crippen LogP contribution < -0.4 is 0 Å². The van der Waals surface area contributed by atoms with E-state index >= 15 is 0 Å². The highest BCUT2D eigenvalue weighted by atomic mass is 32.1. The molecule has 0 aromatic carbocycles. The molecule has 1 rings (SSSR count). The lowest BCUT2D eigenvalue weighted by Gasteiger charge is -2.23. The summed E-state index contributed by atoms with van der Waals surface area (Å²) in [7, 11) is 0. The molecule has 1 N–H and O–H groups in total. The van der Waals surface area contributed by atoms with Gasteiger partial charge in [-0.05, 0) is 26.9 Å². The van der Waals surface area contributed by atoms with E-state index < -0.39 is 5.60 Å². The fourth-order valence-electron chi connectivity index (χ4n) is 1.99. The molecule has 0 atom stereocenters. The summed E-state index contributed by atoms with van der Waals surface area (Å²) in [4.78, 5) is 8.15. The molecule has 3 nitrogen and oxygen atoms in total. The second-order valence-corrected chi connectivity index (χ2v) is 7.64. The summed E-state index contributed by atoms with van der Waals surface area (Å²) in [6, 6.07) is 0. The zero-order chi connectivity index (χ0) is 14.8. The summed E-state index contributed by atoms with van der Waals surface area (Å²) in [6.07, 6.45) is 0. The van der Waals surface area contributed by atoms with Crippen LogP contribution in [0.15, 0.2) is 0 Å². The Labute approximate surface area is 121 Å². The molecule has 0 aliphatic carbocycles. The summed E-state index contributed by atoms with van der Waals surface area (Å²) in [5.41, 5.74) is 0.182. The minimum Gasteiger partial charge on any atom is -0.385 e. The third-order valence-corrected chi connectivity index (χ3v) is 4.54. The van der Waals surface area contributed by atoms with E-state index in [4.69, 9.17) is 4.98 Å². The van der Waals surface area contributed by atoms with Crippen molar-refractivity contribution in [3.63, 3.8) is 0 Å². The van der Waals surface area contributed by atoms with Gasteiger partial charge < -0.3 is 5.11 Å². The molecule has 1 aromatic rings. The van der Waals surface area contributed by atoms with Gasteiger partial charge in [-0.2, -0.15) is 0 Å². The maximum atomic E-state index is 10.4. The van der Waals surface area contributed by atoms with Gasteiger partial charge in [0.15, 0.2) is 0 Å². The molecule has 0 spiro atoms. The Hall–Kier alpha value is -0.450. The van der Waals surface area contributed by atoms with Crippen LogP contribution in [0.3, 0.4) is 0 Å². The van der Waals surface area contributed by atoms with Crippen molar-refractivity contribution in [2.75, 3.05) is 13.1 Å². The Kier molecular flexibility index (Phi) is 5.15. The van der Waals surface area contributed by atoms with Crippen molar-refractivity contribution in [2.45, 2.75) is 66.0 Å². The van der Waals surface area contributed by atoms with Gasteiger partial charge in [-0.25, -0.2) is 4.98 Å². The summed E-state index contributed by atoms with van der Waals surface area (Å²) in [5, 5.41) is 11.5. The number of thiazole rings is 1. The highest BCUT2D eigenvalue weighted by molar-refractivity contribution is 7.11. The third-order valence-electron chi connectivity index (χ3n) is 3.19. The first-order valence-electron chi connectivity index (χ1n) is 7.05. The van der Waals surface area contributed by atoms with Crippen LogP contribution in [0.1, 0.15) is 64.0 Å². The molecular weight excluding hydrogens is 256 g/mol. The van der Waals surface area contributed by atoms with Gasteiger partial charge in [0.05, 0.1) is 22.7 Å². The first-order chi connectivity index (χ1) is 8.59. The predicted molar refractivity (Wildman–Crippen MR) is 82.7 cm³/mol. The van der Waals surface area contributed by atoms with Crippen LogP contribution in [-0.4, -0.2) is 28.1 Å². The SMILES string of the molecule is CCN(CC)Cc1nc(C(C)(C)C)c(C(C)(C)O)s1. The minimum absolute atomic E-state index is 0.0344. The highest BCUT2D eigenvalue weighted by Gasteiger charge is 2.31. The van der Waals surface area contributed by atoms with Crippen molar-refractivity contribution < 1.29 is 5.11 Å². The van der Waals surface area contributed by atoms with Crippen LogP contribution in [0.5, 0.6) is 0 Å². The van der Waals surface area contributed by atoms with E-state index in [9.17, 15) is 5.11 Å². The van der Waals surface area contributed by atoms with E-state index in [1.54, 1.807) is 11.3 Å². The minimum atomic E-state index is -0.818. The average molecular weight is 284 g/mol. The summed E-state index contributed by atoms with van der Waals surface area (Å²) < 4.78 is 0. The molecule has 19 heavy (non-hydrogen) atoms. The molecule has 0 fully saturated rings. The zero-order valence-corrected chi connectivity index (χ0v) is 14.2. The van der Waals surface area contributed by atoms with E-state index in [1.807, 2.05) is 13.8 Å². The highest BCUT2D eigenvalue weighted by Crippen LogP contribution is 2.36. The Morgan fingerprint density at radius 2 is 1.63 bits per heavy atom. The molecule has 0 bridgehead atoms. The first-order valence-corrected chi connectivity index (χ1v) is 7.86. The van der Waals surface area contributed by atoms with Crippen LogP contribution in [0.25, 0.3) is 0 Å². The summed E-state index contributed by atoms with van der Waals surface area (Å²) in [6.45, 7) is 17.4. The lowest BCUT2D eigenvalue weighted by molar-refractivity contribution is 0.0803. The van der Waals surface area contributed by atoms with Crippen LogP contribution in [0.2, 0.25) is 0 Å². The molecule has 0 amide bonds. The van der Waals surface area contributed by atoms with E-state index in [-0.39, 0.29) is 5.41 Å². The van der Waals surface area contributed by atoms with Crippen molar-refractivity contribution in [3.05, 3.63) is 15.6 Å². The summed E-state index contributed by atoms with van der Waals surface area (Å²) >= 11 is 1.65.